The average Bonchev–Trinajstić information content (AvgIpc) is 3.42. The zero-order valence-corrected chi connectivity index (χ0v) is 19.7. The van der Waals surface area contributed by atoms with Gasteiger partial charge in [0.2, 0.25) is 17.7 Å². The van der Waals surface area contributed by atoms with Gasteiger partial charge >= 0.3 is 0 Å². The second-order valence-electron chi connectivity index (χ2n) is 8.01. The van der Waals surface area contributed by atoms with E-state index in [1.165, 1.54) is 4.90 Å². The SMILES string of the molecule is CCNC(=NCc1ccc(C(N)=O)cc1)NCCN1C(=O)C2C3C=CC(C3)C2C1=O.I. The number of hydrogen-bond acceptors (Lipinski definition) is 4. The number of nitrogens with one attached hydrogen (secondary N) is 2. The Morgan fingerprint density at radius 3 is 2.26 bits per heavy atom. The second kappa shape index (κ2) is 9.80. The minimum absolute atomic E-state index is 0. The van der Waals surface area contributed by atoms with Crippen LogP contribution >= 0.6 is 24.0 Å². The predicted octanol–water partition coefficient (Wildman–Crippen LogP) is 1.27. The molecule has 3 amide bonds. The van der Waals surface area contributed by atoms with Gasteiger partial charge in [-0.1, -0.05) is 24.3 Å². The van der Waals surface area contributed by atoms with Gasteiger partial charge in [-0.3, -0.25) is 19.3 Å². The zero-order chi connectivity index (χ0) is 21.3. The number of guanidine groups is 1. The first kappa shape index (κ1) is 23.2. The summed E-state index contributed by atoms with van der Waals surface area (Å²) in [6.07, 6.45) is 5.14. The number of likely N-dealkylation sites (tertiary alicyclic amines) is 1. The van der Waals surface area contributed by atoms with E-state index >= 15 is 0 Å². The minimum atomic E-state index is -0.459. The summed E-state index contributed by atoms with van der Waals surface area (Å²) in [7, 11) is 0. The van der Waals surface area contributed by atoms with E-state index in [4.69, 9.17) is 5.73 Å². The van der Waals surface area contributed by atoms with Crippen molar-refractivity contribution in [2.24, 2.45) is 34.4 Å². The fourth-order valence-corrected chi connectivity index (χ4v) is 4.76. The number of nitrogens with zero attached hydrogens (tertiary/aromatic N) is 2. The molecule has 0 radical (unpaired) electrons. The van der Waals surface area contributed by atoms with Crippen LogP contribution in [0.4, 0.5) is 0 Å². The van der Waals surface area contributed by atoms with Crippen LogP contribution in [0, 0.1) is 23.7 Å². The molecule has 4 unspecified atom stereocenters. The maximum Gasteiger partial charge on any atom is 0.248 e. The molecule has 0 aromatic heterocycles. The van der Waals surface area contributed by atoms with E-state index in [9.17, 15) is 14.4 Å². The van der Waals surface area contributed by atoms with Crippen LogP contribution in [0.1, 0.15) is 29.3 Å². The van der Waals surface area contributed by atoms with Crippen LogP contribution in [-0.2, 0) is 16.1 Å². The lowest BCUT2D eigenvalue weighted by Crippen LogP contribution is -2.43. The third-order valence-corrected chi connectivity index (χ3v) is 6.19. The molecule has 4 N–H and O–H groups in total. The molecule has 2 aliphatic carbocycles. The Kier molecular flexibility index (Phi) is 7.34. The normalized spacial score (nSPS) is 26.1. The van der Waals surface area contributed by atoms with Gasteiger partial charge in [-0.25, -0.2) is 4.99 Å². The average molecular weight is 537 g/mol. The summed E-state index contributed by atoms with van der Waals surface area (Å²) in [5, 5.41) is 6.36. The number of amides is 3. The molecule has 3 aliphatic rings. The zero-order valence-electron chi connectivity index (χ0n) is 17.4. The number of primary amides is 1. The molecule has 1 heterocycles. The Labute approximate surface area is 198 Å². The lowest BCUT2D eigenvalue weighted by atomic mass is 9.85. The van der Waals surface area contributed by atoms with Crippen molar-refractivity contribution in [1.82, 2.24) is 15.5 Å². The van der Waals surface area contributed by atoms with E-state index in [1.807, 2.05) is 19.1 Å². The van der Waals surface area contributed by atoms with Crippen molar-refractivity contribution in [1.29, 1.82) is 0 Å². The van der Waals surface area contributed by atoms with E-state index < -0.39 is 5.91 Å². The van der Waals surface area contributed by atoms with Gasteiger partial charge < -0.3 is 16.4 Å². The number of imide groups is 1. The van der Waals surface area contributed by atoms with Crippen LogP contribution < -0.4 is 16.4 Å². The first-order chi connectivity index (χ1) is 14.5. The monoisotopic (exact) mass is 537 g/mol. The Morgan fingerprint density at radius 2 is 1.71 bits per heavy atom. The van der Waals surface area contributed by atoms with Gasteiger partial charge in [0, 0.05) is 25.2 Å². The van der Waals surface area contributed by atoms with E-state index in [0.29, 0.717) is 37.7 Å². The van der Waals surface area contributed by atoms with Crippen LogP contribution in [0.15, 0.2) is 41.4 Å². The van der Waals surface area contributed by atoms with Gasteiger partial charge in [-0.05, 0) is 42.9 Å². The summed E-state index contributed by atoms with van der Waals surface area (Å²) >= 11 is 0. The number of benzene rings is 1. The first-order valence-corrected chi connectivity index (χ1v) is 10.4. The highest BCUT2D eigenvalue weighted by Gasteiger charge is 2.58. The van der Waals surface area contributed by atoms with Crippen molar-refractivity contribution >= 4 is 47.7 Å². The standard InChI is InChI=1S/C22H27N5O3.HI/c1-2-24-22(26-12-13-3-5-14(6-4-13)19(23)28)25-9-10-27-20(29)17-15-7-8-16(11-15)18(17)21(27)30;/h3-8,15-18H,2,9-12H2,1H3,(H2,23,28)(H2,24,25,26);1H. The number of carbonyl (C=O) groups is 3. The number of carbonyl (C=O) groups excluding carboxylic acids is 3. The quantitative estimate of drug-likeness (QED) is 0.159. The van der Waals surface area contributed by atoms with Crippen molar-refractivity contribution in [3.8, 4) is 0 Å². The molecule has 1 aromatic rings. The lowest BCUT2D eigenvalue weighted by Gasteiger charge is -2.18. The van der Waals surface area contributed by atoms with Crippen molar-refractivity contribution < 1.29 is 14.4 Å². The molecule has 4 atom stereocenters. The van der Waals surface area contributed by atoms with Gasteiger partial charge in [0.1, 0.15) is 0 Å². The van der Waals surface area contributed by atoms with Gasteiger partial charge in [-0.2, -0.15) is 0 Å². The molecule has 0 spiro atoms. The van der Waals surface area contributed by atoms with Crippen molar-refractivity contribution in [3.63, 3.8) is 0 Å². The number of aliphatic imine (C=N–C) groups is 1. The third kappa shape index (κ3) is 4.60. The summed E-state index contributed by atoms with van der Waals surface area (Å²) in [6.45, 7) is 3.85. The topological polar surface area (TPSA) is 117 Å². The predicted molar refractivity (Wildman–Crippen MR) is 128 cm³/mol. The Hall–Kier alpha value is -2.43. The van der Waals surface area contributed by atoms with Crippen LogP contribution in [0.2, 0.25) is 0 Å². The van der Waals surface area contributed by atoms with E-state index in [-0.39, 0.29) is 59.5 Å². The Morgan fingerprint density at radius 1 is 1.10 bits per heavy atom. The molecule has 31 heavy (non-hydrogen) atoms. The molecule has 9 heteroatoms. The van der Waals surface area contributed by atoms with E-state index in [2.05, 4.69) is 27.8 Å². The molecular weight excluding hydrogens is 509 g/mol. The second-order valence-corrected chi connectivity index (χ2v) is 8.01. The van der Waals surface area contributed by atoms with Crippen LogP contribution in [0.3, 0.4) is 0 Å². The van der Waals surface area contributed by atoms with Crippen LogP contribution in [0.25, 0.3) is 0 Å². The van der Waals surface area contributed by atoms with Crippen LogP contribution in [0.5, 0.6) is 0 Å². The molecule has 8 nitrogen and oxygen atoms in total. The van der Waals surface area contributed by atoms with Crippen molar-refractivity contribution in [3.05, 3.63) is 47.5 Å². The molecule has 1 saturated heterocycles. The van der Waals surface area contributed by atoms with E-state index in [0.717, 1.165) is 12.0 Å². The highest BCUT2D eigenvalue weighted by atomic mass is 127. The summed E-state index contributed by atoms with van der Waals surface area (Å²) in [4.78, 5) is 42.6. The number of allylic oxidation sites excluding steroid dienone is 2. The smallest absolute Gasteiger partial charge is 0.248 e. The number of halogens is 1. The molecule has 2 fully saturated rings. The summed E-state index contributed by atoms with van der Waals surface area (Å²) in [5.41, 5.74) is 6.66. The first-order valence-electron chi connectivity index (χ1n) is 10.4. The summed E-state index contributed by atoms with van der Waals surface area (Å²) in [6, 6.07) is 6.99. The van der Waals surface area contributed by atoms with Gasteiger partial charge in [0.05, 0.1) is 18.4 Å². The molecule has 2 bridgehead atoms. The number of rotatable bonds is 7. The molecular formula is C22H28IN5O3. The van der Waals surface area contributed by atoms with Crippen LogP contribution in [-0.4, -0.2) is 48.2 Å². The molecule has 1 aromatic carbocycles. The lowest BCUT2D eigenvalue weighted by molar-refractivity contribution is -0.140. The van der Waals surface area contributed by atoms with Crippen molar-refractivity contribution in [2.75, 3.05) is 19.6 Å². The summed E-state index contributed by atoms with van der Waals surface area (Å²) in [5.74, 6) is 0.246. The van der Waals surface area contributed by atoms with E-state index in [1.54, 1.807) is 12.1 Å². The largest absolute Gasteiger partial charge is 0.366 e. The number of hydrogen-bond donors (Lipinski definition) is 3. The molecule has 166 valence electrons. The third-order valence-electron chi connectivity index (χ3n) is 6.19. The molecule has 4 rings (SSSR count). The fourth-order valence-electron chi connectivity index (χ4n) is 4.76. The number of nitrogens with two attached hydrogens (primary N) is 1. The molecule has 1 saturated carbocycles. The maximum atomic E-state index is 12.7. The molecule has 1 aliphatic heterocycles. The van der Waals surface area contributed by atoms with Gasteiger partial charge in [-0.15, -0.1) is 24.0 Å². The Balaban J connectivity index is 0.00000272. The minimum Gasteiger partial charge on any atom is -0.366 e. The highest BCUT2D eigenvalue weighted by Crippen LogP contribution is 2.52. The van der Waals surface area contributed by atoms with Gasteiger partial charge in [0.15, 0.2) is 5.96 Å². The Bertz CT molecular complexity index is 884. The fraction of sp³-hybridized carbons (Fsp3) is 0.455. The van der Waals surface area contributed by atoms with Gasteiger partial charge in [0.25, 0.3) is 0 Å². The number of fused-ring (bicyclic) bond motifs is 5. The summed E-state index contributed by atoms with van der Waals surface area (Å²) < 4.78 is 0. The highest BCUT2D eigenvalue weighted by molar-refractivity contribution is 14.0. The van der Waals surface area contributed by atoms with Crippen molar-refractivity contribution in [2.45, 2.75) is 19.9 Å². The maximum absolute atomic E-state index is 12.7.